The van der Waals surface area contributed by atoms with Crippen LogP contribution in [-0.2, 0) is 9.53 Å². The van der Waals surface area contributed by atoms with Gasteiger partial charge in [-0.2, -0.15) is 0 Å². The van der Waals surface area contributed by atoms with E-state index in [-0.39, 0.29) is 18.3 Å². The molecule has 2 rings (SSSR count). The van der Waals surface area contributed by atoms with Gasteiger partial charge >= 0.3 is 0 Å². The molecule has 0 saturated carbocycles. The van der Waals surface area contributed by atoms with E-state index in [1.54, 1.807) is 12.1 Å². The average Bonchev–Trinajstić information content (AvgIpc) is 2.53. The van der Waals surface area contributed by atoms with Crippen LogP contribution in [0, 0.1) is 0 Å². The molecule has 0 radical (unpaired) electrons. The largest absolute Gasteiger partial charge is 0.373 e. The van der Waals surface area contributed by atoms with Gasteiger partial charge in [-0.1, -0.05) is 23.7 Å². The molecule has 1 aliphatic heterocycles. The van der Waals surface area contributed by atoms with Crippen molar-refractivity contribution >= 4 is 17.4 Å². The fourth-order valence-corrected chi connectivity index (χ4v) is 1.57. The minimum absolute atomic E-state index is 0.0859. The second-order valence-electron chi connectivity index (χ2n) is 3.09. The van der Waals surface area contributed by atoms with E-state index in [1.165, 1.54) is 0 Å². The molecule has 1 heterocycles. The second kappa shape index (κ2) is 3.48. The van der Waals surface area contributed by atoms with Gasteiger partial charge in [0, 0.05) is 5.02 Å². The van der Waals surface area contributed by atoms with E-state index in [4.69, 9.17) is 16.3 Å². The molecular formula is C10H9ClO2. The van der Waals surface area contributed by atoms with E-state index >= 15 is 0 Å². The molecule has 1 aromatic rings. The normalized spacial score (nSPS) is 22.2. The Kier molecular flexibility index (Phi) is 2.34. The Bertz CT molecular complexity index is 318. The fraction of sp³-hybridized carbons (Fsp3) is 0.300. The lowest BCUT2D eigenvalue weighted by Crippen LogP contribution is -2.08. The Balaban J connectivity index is 2.25. The van der Waals surface area contributed by atoms with Crippen LogP contribution in [0.3, 0.4) is 0 Å². The molecule has 1 fully saturated rings. The lowest BCUT2D eigenvalue weighted by Gasteiger charge is -2.05. The summed E-state index contributed by atoms with van der Waals surface area (Å²) in [7, 11) is 0. The molecule has 2 nitrogen and oxygen atoms in total. The molecule has 1 atom stereocenters. The number of Topliss-reactive ketones (excluding diaryl/α,β-unsaturated/α-hetero) is 1. The molecule has 1 aromatic carbocycles. The molecule has 13 heavy (non-hydrogen) atoms. The maximum absolute atomic E-state index is 11.3. The van der Waals surface area contributed by atoms with Crippen LogP contribution in [0.2, 0.25) is 5.02 Å². The number of ketones is 1. The molecule has 0 aliphatic carbocycles. The van der Waals surface area contributed by atoms with Gasteiger partial charge in [-0.15, -0.1) is 0 Å². The summed E-state index contributed by atoms with van der Waals surface area (Å²) in [5, 5.41) is 0.690. The van der Waals surface area contributed by atoms with Gasteiger partial charge in [-0.05, 0) is 17.7 Å². The number of carbonyl (C=O) groups excluding carboxylic acids is 1. The first-order valence-corrected chi connectivity index (χ1v) is 4.51. The minimum atomic E-state index is -0.0859. The summed E-state index contributed by atoms with van der Waals surface area (Å²) in [5.74, 6) is 0.0691. The number of carbonyl (C=O) groups is 1. The number of ether oxygens (including phenoxy) is 1. The Morgan fingerprint density at radius 3 is 2.54 bits per heavy atom. The van der Waals surface area contributed by atoms with E-state index in [9.17, 15) is 4.79 Å². The van der Waals surface area contributed by atoms with Gasteiger partial charge in [0.05, 0.1) is 12.5 Å². The van der Waals surface area contributed by atoms with Crippen molar-refractivity contribution in [1.82, 2.24) is 0 Å². The Hall–Kier alpha value is -0.860. The highest BCUT2D eigenvalue weighted by Gasteiger charge is 2.26. The summed E-state index contributed by atoms with van der Waals surface area (Å²) in [6.45, 7) is 0.744. The quantitative estimate of drug-likeness (QED) is 0.687. The van der Waals surface area contributed by atoms with Crippen molar-refractivity contribution in [2.75, 3.05) is 13.2 Å². The summed E-state index contributed by atoms with van der Waals surface area (Å²) in [5.41, 5.74) is 0.993. The van der Waals surface area contributed by atoms with Gasteiger partial charge in [0.25, 0.3) is 0 Å². The van der Waals surface area contributed by atoms with Crippen molar-refractivity contribution in [3.05, 3.63) is 34.9 Å². The predicted molar refractivity (Wildman–Crippen MR) is 50.0 cm³/mol. The van der Waals surface area contributed by atoms with Crippen molar-refractivity contribution in [1.29, 1.82) is 0 Å². The second-order valence-corrected chi connectivity index (χ2v) is 3.52. The smallest absolute Gasteiger partial charge is 0.168 e. The summed E-state index contributed by atoms with van der Waals surface area (Å²) >= 11 is 5.74. The number of hydrogen-bond acceptors (Lipinski definition) is 2. The third-order valence-electron chi connectivity index (χ3n) is 2.19. The first-order chi connectivity index (χ1) is 6.27. The average molecular weight is 197 g/mol. The molecule has 1 saturated heterocycles. The fourth-order valence-electron chi connectivity index (χ4n) is 1.45. The van der Waals surface area contributed by atoms with Gasteiger partial charge in [-0.25, -0.2) is 0 Å². The monoisotopic (exact) mass is 196 g/mol. The van der Waals surface area contributed by atoms with E-state index < -0.39 is 0 Å². The third-order valence-corrected chi connectivity index (χ3v) is 2.44. The molecule has 3 heteroatoms. The number of hydrogen-bond donors (Lipinski definition) is 0. The Morgan fingerprint density at radius 1 is 1.31 bits per heavy atom. The zero-order chi connectivity index (χ0) is 9.26. The van der Waals surface area contributed by atoms with Crippen LogP contribution in [-0.4, -0.2) is 19.0 Å². The molecule has 1 unspecified atom stereocenters. The first-order valence-electron chi connectivity index (χ1n) is 4.13. The molecule has 0 amide bonds. The van der Waals surface area contributed by atoms with Crippen LogP contribution in [0.15, 0.2) is 24.3 Å². The summed E-state index contributed by atoms with van der Waals surface area (Å²) < 4.78 is 5.07. The number of halogens is 1. The van der Waals surface area contributed by atoms with E-state index in [1.807, 2.05) is 12.1 Å². The van der Waals surface area contributed by atoms with Gasteiger partial charge in [0.2, 0.25) is 0 Å². The number of benzene rings is 1. The van der Waals surface area contributed by atoms with Crippen LogP contribution in [0.4, 0.5) is 0 Å². The highest BCUT2D eigenvalue weighted by atomic mass is 35.5. The molecule has 0 spiro atoms. The van der Waals surface area contributed by atoms with Crippen LogP contribution in [0.25, 0.3) is 0 Å². The van der Waals surface area contributed by atoms with Gasteiger partial charge in [0.1, 0.15) is 6.61 Å². The first kappa shape index (κ1) is 8.73. The zero-order valence-corrected chi connectivity index (χ0v) is 7.75. The van der Waals surface area contributed by atoms with Crippen LogP contribution in [0.1, 0.15) is 11.5 Å². The lowest BCUT2D eigenvalue weighted by molar-refractivity contribution is -0.118. The van der Waals surface area contributed by atoms with Crippen LogP contribution in [0.5, 0.6) is 0 Å². The Labute approximate surface area is 81.5 Å². The van der Waals surface area contributed by atoms with E-state index in [2.05, 4.69) is 0 Å². The molecule has 0 N–H and O–H groups in total. The van der Waals surface area contributed by atoms with Crippen LogP contribution >= 0.6 is 11.6 Å². The summed E-state index contributed by atoms with van der Waals surface area (Å²) in [6.07, 6.45) is 0. The van der Waals surface area contributed by atoms with Crippen molar-refractivity contribution in [3.63, 3.8) is 0 Å². The summed E-state index contributed by atoms with van der Waals surface area (Å²) in [4.78, 5) is 11.3. The SMILES string of the molecule is O=C1COCC1c1ccc(Cl)cc1. The van der Waals surface area contributed by atoms with Gasteiger partial charge < -0.3 is 4.74 Å². The molecule has 0 aromatic heterocycles. The highest BCUT2D eigenvalue weighted by Crippen LogP contribution is 2.23. The van der Waals surface area contributed by atoms with Crippen molar-refractivity contribution in [2.24, 2.45) is 0 Å². The maximum atomic E-state index is 11.3. The lowest BCUT2D eigenvalue weighted by atomic mass is 9.98. The van der Waals surface area contributed by atoms with Crippen molar-refractivity contribution in [3.8, 4) is 0 Å². The third kappa shape index (κ3) is 1.74. The maximum Gasteiger partial charge on any atom is 0.168 e. The van der Waals surface area contributed by atoms with Crippen molar-refractivity contribution < 1.29 is 9.53 Å². The topological polar surface area (TPSA) is 26.3 Å². The van der Waals surface area contributed by atoms with E-state index in [0.717, 1.165) is 5.56 Å². The molecule has 1 aliphatic rings. The predicted octanol–water partition coefficient (Wildman–Crippen LogP) is 2.02. The zero-order valence-electron chi connectivity index (χ0n) is 7.00. The standard InChI is InChI=1S/C10H9ClO2/c11-8-3-1-7(2-4-8)9-5-13-6-10(9)12/h1-4,9H,5-6H2. The highest BCUT2D eigenvalue weighted by molar-refractivity contribution is 6.30. The summed E-state index contributed by atoms with van der Waals surface area (Å²) in [6, 6.07) is 7.34. The van der Waals surface area contributed by atoms with E-state index in [0.29, 0.717) is 11.6 Å². The Morgan fingerprint density at radius 2 is 2.00 bits per heavy atom. The molecule has 0 bridgehead atoms. The van der Waals surface area contributed by atoms with Gasteiger partial charge in [0.15, 0.2) is 5.78 Å². The number of rotatable bonds is 1. The van der Waals surface area contributed by atoms with Gasteiger partial charge in [-0.3, -0.25) is 4.79 Å². The van der Waals surface area contributed by atoms with Crippen molar-refractivity contribution in [2.45, 2.75) is 5.92 Å². The minimum Gasteiger partial charge on any atom is -0.373 e. The molecular weight excluding hydrogens is 188 g/mol. The van der Waals surface area contributed by atoms with Crippen LogP contribution < -0.4 is 0 Å². The molecule has 68 valence electrons.